The molecule has 1 heteroatoms. The van der Waals surface area contributed by atoms with E-state index in [4.69, 9.17) is 0 Å². The summed E-state index contributed by atoms with van der Waals surface area (Å²) < 4.78 is 0. The van der Waals surface area contributed by atoms with E-state index < -0.39 is 0 Å². The minimum atomic E-state index is 0. The van der Waals surface area contributed by atoms with Crippen molar-refractivity contribution in [3.8, 4) is 0 Å². The van der Waals surface area contributed by atoms with Crippen LogP contribution in [-0.4, -0.2) is 0 Å². The van der Waals surface area contributed by atoms with Gasteiger partial charge in [0.05, 0.1) is 0 Å². The third kappa shape index (κ3) is 12.4. The van der Waals surface area contributed by atoms with Crippen LogP contribution in [-0.2, 0) is 19.5 Å². The van der Waals surface area contributed by atoms with Crippen LogP contribution in [0.3, 0.4) is 0 Å². The Balaban J connectivity index is 0. The molecule has 0 aromatic heterocycles. The Hall–Kier alpha value is -0.287. The van der Waals surface area contributed by atoms with E-state index in [0.29, 0.717) is 0 Å². The van der Waals surface area contributed by atoms with E-state index in [9.17, 15) is 0 Å². The molecule has 1 aromatic carbocycles. The third-order valence-electron chi connectivity index (χ3n) is 0.843. The molecule has 0 amide bonds. The van der Waals surface area contributed by atoms with Crippen molar-refractivity contribution >= 4 is 0 Å². The zero-order valence-corrected chi connectivity index (χ0v) is 11.3. The molecule has 0 N–H and O–H groups in total. The molecule has 0 aliphatic carbocycles. The standard InChI is InChI=1S/C7H7.C4H9.Zn/c1-7-5-3-2-4-6-7;1-4(2)3;/h2-6H,1H2;1-3H3;/q2*-1;+2. The molecule has 0 radical (unpaired) electrons. The molecule has 0 saturated heterocycles. The van der Waals surface area contributed by atoms with Crippen LogP contribution in [0.1, 0.15) is 26.3 Å². The summed E-state index contributed by atoms with van der Waals surface area (Å²) in [4.78, 5) is 0. The van der Waals surface area contributed by atoms with E-state index in [1.165, 1.54) is 5.92 Å². The summed E-state index contributed by atoms with van der Waals surface area (Å²) in [6, 6.07) is 9.87. The summed E-state index contributed by atoms with van der Waals surface area (Å²) in [7, 11) is 0. The number of hydrogen-bond donors (Lipinski definition) is 0. The van der Waals surface area contributed by atoms with Gasteiger partial charge in [0, 0.05) is 0 Å². The predicted octanol–water partition coefficient (Wildman–Crippen LogP) is 3.49. The van der Waals surface area contributed by atoms with Crippen molar-refractivity contribution in [2.45, 2.75) is 20.8 Å². The van der Waals surface area contributed by atoms with Crippen molar-refractivity contribution in [1.82, 2.24) is 0 Å². The molecular formula is C11H16Zn. The SMILES string of the molecule is C[C-](C)C.[CH2-]c1ccccc1.[Zn+2]. The maximum absolute atomic E-state index is 3.72. The molecule has 0 atom stereocenters. The number of hydrogen-bond acceptors (Lipinski definition) is 0. The summed E-state index contributed by atoms with van der Waals surface area (Å²) >= 11 is 0. The van der Waals surface area contributed by atoms with Crippen LogP contribution in [0.4, 0.5) is 0 Å². The van der Waals surface area contributed by atoms with Crippen molar-refractivity contribution in [3.05, 3.63) is 48.7 Å². The zero-order chi connectivity index (χ0) is 8.69. The van der Waals surface area contributed by atoms with Gasteiger partial charge in [0.2, 0.25) is 0 Å². The minimum absolute atomic E-state index is 0. The van der Waals surface area contributed by atoms with Gasteiger partial charge in [-0.25, -0.2) is 0 Å². The second-order valence-electron chi connectivity index (χ2n) is 2.99. The van der Waals surface area contributed by atoms with Crippen LogP contribution >= 0.6 is 0 Å². The molecule has 0 unspecified atom stereocenters. The largest absolute Gasteiger partial charge is 2.00 e. The molecule has 62 valence electrons. The molecule has 0 heterocycles. The van der Waals surface area contributed by atoms with Crippen molar-refractivity contribution < 1.29 is 19.5 Å². The van der Waals surface area contributed by atoms with E-state index in [2.05, 4.69) is 27.7 Å². The summed E-state index contributed by atoms with van der Waals surface area (Å²) in [6.45, 7) is 9.97. The van der Waals surface area contributed by atoms with Gasteiger partial charge in [0.15, 0.2) is 0 Å². The second-order valence-corrected chi connectivity index (χ2v) is 2.99. The fraction of sp³-hybridized carbons (Fsp3) is 0.273. The van der Waals surface area contributed by atoms with Crippen LogP contribution in [0.25, 0.3) is 0 Å². The van der Waals surface area contributed by atoms with Crippen molar-refractivity contribution in [2.24, 2.45) is 0 Å². The topological polar surface area (TPSA) is 0 Å². The average Bonchev–Trinajstić information content (AvgIpc) is 1.87. The Morgan fingerprint density at radius 1 is 1.00 bits per heavy atom. The Kier molecular flexibility index (Phi) is 10.5. The molecule has 0 aliphatic rings. The Morgan fingerprint density at radius 2 is 1.33 bits per heavy atom. The fourth-order valence-corrected chi connectivity index (χ4v) is 0.478. The molecule has 0 nitrogen and oxygen atoms in total. The molecule has 0 bridgehead atoms. The van der Waals surface area contributed by atoms with Crippen molar-refractivity contribution in [2.75, 3.05) is 0 Å². The molecule has 0 spiro atoms. The van der Waals surface area contributed by atoms with E-state index >= 15 is 0 Å². The first-order chi connectivity index (χ1) is 5.13. The summed E-state index contributed by atoms with van der Waals surface area (Å²) in [6.07, 6.45) is 0. The van der Waals surface area contributed by atoms with E-state index in [-0.39, 0.29) is 19.5 Å². The predicted molar refractivity (Wildman–Crippen MR) is 51.2 cm³/mol. The van der Waals surface area contributed by atoms with Gasteiger partial charge in [-0.05, 0) is 0 Å². The van der Waals surface area contributed by atoms with E-state index in [1.807, 2.05) is 30.3 Å². The van der Waals surface area contributed by atoms with E-state index in [1.54, 1.807) is 0 Å². The average molecular weight is 214 g/mol. The van der Waals surface area contributed by atoms with Gasteiger partial charge in [-0.3, -0.25) is 0 Å². The van der Waals surface area contributed by atoms with Gasteiger partial charge < -0.3 is 5.92 Å². The molecule has 1 aromatic rings. The monoisotopic (exact) mass is 212 g/mol. The smallest absolute Gasteiger partial charge is 0.323 e. The third-order valence-corrected chi connectivity index (χ3v) is 0.843. The normalized spacial score (nSPS) is 8.00. The molecule has 0 saturated carbocycles. The molecule has 1 rings (SSSR count). The number of benzene rings is 1. The maximum atomic E-state index is 3.72. The van der Waals surface area contributed by atoms with Gasteiger partial charge in [-0.15, -0.1) is 12.1 Å². The van der Waals surface area contributed by atoms with Crippen LogP contribution < -0.4 is 0 Å². The Morgan fingerprint density at radius 3 is 1.50 bits per heavy atom. The van der Waals surface area contributed by atoms with Gasteiger partial charge >= 0.3 is 19.5 Å². The molecule has 12 heavy (non-hydrogen) atoms. The van der Waals surface area contributed by atoms with Gasteiger partial charge in [-0.1, -0.05) is 6.07 Å². The van der Waals surface area contributed by atoms with E-state index in [0.717, 1.165) is 5.56 Å². The van der Waals surface area contributed by atoms with Gasteiger partial charge in [-0.2, -0.15) is 45.4 Å². The molecule has 0 fully saturated rings. The van der Waals surface area contributed by atoms with Crippen molar-refractivity contribution in [3.63, 3.8) is 0 Å². The summed E-state index contributed by atoms with van der Waals surface area (Å²) in [5.41, 5.74) is 1.07. The van der Waals surface area contributed by atoms with Crippen molar-refractivity contribution in [1.29, 1.82) is 0 Å². The fourth-order valence-electron chi connectivity index (χ4n) is 0.478. The van der Waals surface area contributed by atoms with Crippen LogP contribution in [0.15, 0.2) is 30.3 Å². The first-order valence-corrected chi connectivity index (χ1v) is 3.76. The first-order valence-electron chi connectivity index (χ1n) is 3.76. The first kappa shape index (κ1) is 14.2. The zero-order valence-electron chi connectivity index (χ0n) is 8.30. The maximum Gasteiger partial charge on any atom is 2.00 e. The number of rotatable bonds is 0. The van der Waals surface area contributed by atoms with Crippen LogP contribution in [0.5, 0.6) is 0 Å². The Bertz CT molecular complexity index is 165. The van der Waals surface area contributed by atoms with Gasteiger partial charge in [0.1, 0.15) is 0 Å². The molecular weight excluding hydrogens is 198 g/mol. The quantitative estimate of drug-likeness (QED) is 0.457. The Labute approximate surface area is 89.1 Å². The second kappa shape index (κ2) is 8.81. The summed E-state index contributed by atoms with van der Waals surface area (Å²) in [5, 5.41) is 0. The van der Waals surface area contributed by atoms with Crippen LogP contribution in [0.2, 0.25) is 0 Å². The summed E-state index contributed by atoms with van der Waals surface area (Å²) in [5.74, 6) is 1.42. The minimum Gasteiger partial charge on any atom is -0.323 e. The van der Waals surface area contributed by atoms with Gasteiger partial charge in [0.25, 0.3) is 0 Å². The van der Waals surface area contributed by atoms with Crippen LogP contribution in [0, 0.1) is 12.8 Å². The molecule has 0 aliphatic heterocycles.